The lowest BCUT2D eigenvalue weighted by atomic mass is 10.1. The number of nitrogens with one attached hydrogen (secondary N) is 2. The van der Waals surface area contributed by atoms with Crippen LogP contribution in [0.1, 0.15) is 19.4 Å². The highest BCUT2D eigenvalue weighted by Gasteiger charge is 2.21. The second-order valence-corrected chi connectivity index (χ2v) is 5.75. The molecular weight excluding hydrogens is 292 g/mol. The molecule has 0 aliphatic carbocycles. The highest BCUT2D eigenvalue weighted by atomic mass is 16.5. The van der Waals surface area contributed by atoms with E-state index in [-0.39, 0.29) is 23.8 Å². The first-order valence-corrected chi connectivity index (χ1v) is 7.53. The van der Waals surface area contributed by atoms with Crippen LogP contribution < -0.4 is 11.2 Å². The van der Waals surface area contributed by atoms with E-state index in [0.29, 0.717) is 0 Å². The SMILES string of the molecule is CC1CN(Cc2ccc(N/N=C(\C#N)C(=N)N)cc2)CC(C)O1. The third-order valence-corrected chi connectivity index (χ3v) is 3.51. The van der Waals surface area contributed by atoms with Gasteiger partial charge in [0.05, 0.1) is 17.9 Å². The summed E-state index contributed by atoms with van der Waals surface area (Å²) in [6.45, 7) is 6.92. The minimum Gasteiger partial charge on any atom is -0.382 e. The third kappa shape index (κ3) is 5.06. The van der Waals surface area contributed by atoms with Gasteiger partial charge in [0.1, 0.15) is 6.07 Å². The predicted octanol–water partition coefficient (Wildman–Crippen LogP) is 1.52. The zero-order valence-electron chi connectivity index (χ0n) is 13.4. The van der Waals surface area contributed by atoms with Gasteiger partial charge in [0.25, 0.3) is 0 Å². The lowest BCUT2D eigenvalue weighted by Gasteiger charge is -2.35. The monoisotopic (exact) mass is 314 g/mol. The Morgan fingerprint density at radius 1 is 1.39 bits per heavy atom. The van der Waals surface area contributed by atoms with Crippen molar-refractivity contribution in [3.63, 3.8) is 0 Å². The number of hydrazone groups is 1. The second kappa shape index (κ2) is 7.72. The van der Waals surface area contributed by atoms with Gasteiger partial charge in [-0.25, -0.2) is 0 Å². The van der Waals surface area contributed by atoms with Crippen molar-refractivity contribution in [1.82, 2.24) is 4.90 Å². The first kappa shape index (κ1) is 16.9. The maximum absolute atomic E-state index is 8.79. The summed E-state index contributed by atoms with van der Waals surface area (Å²) in [6.07, 6.45) is 0.509. The molecule has 4 N–H and O–H groups in total. The van der Waals surface area contributed by atoms with Gasteiger partial charge in [0.2, 0.25) is 5.71 Å². The van der Waals surface area contributed by atoms with Crippen molar-refractivity contribution in [1.29, 1.82) is 10.7 Å². The lowest BCUT2D eigenvalue weighted by Crippen LogP contribution is -2.44. The molecule has 1 aromatic carbocycles. The fourth-order valence-corrected chi connectivity index (χ4v) is 2.62. The second-order valence-electron chi connectivity index (χ2n) is 5.75. The van der Waals surface area contributed by atoms with Gasteiger partial charge in [0.15, 0.2) is 5.84 Å². The number of hydrogen-bond acceptors (Lipinski definition) is 6. The first-order chi connectivity index (χ1) is 11.0. The maximum Gasteiger partial charge on any atom is 0.201 e. The Morgan fingerprint density at radius 3 is 2.52 bits per heavy atom. The van der Waals surface area contributed by atoms with Crippen molar-refractivity contribution in [2.24, 2.45) is 10.8 Å². The Bertz CT molecular complexity index is 608. The molecule has 1 saturated heterocycles. The molecular formula is C16H22N6O. The summed E-state index contributed by atoms with van der Waals surface area (Å²) in [6, 6.07) is 9.58. The van der Waals surface area contributed by atoms with Gasteiger partial charge in [-0.15, -0.1) is 0 Å². The molecule has 1 heterocycles. The Kier molecular flexibility index (Phi) is 5.68. The van der Waals surface area contributed by atoms with Gasteiger partial charge in [0, 0.05) is 19.6 Å². The van der Waals surface area contributed by atoms with Gasteiger partial charge in [-0.2, -0.15) is 10.4 Å². The van der Waals surface area contributed by atoms with Crippen molar-refractivity contribution in [3.05, 3.63) is 29.8 Å². The molecule has 0 saturated carbocycles. The minimum atomic E-state index is -0.354. The lowest BCUT2D eigenvalue weighted by molar-refractivity contribution is -0.0704. The molecule has 0 spiro atoms. The van der Waals surface area contributed by atoms with Crippen LogP contribution in [0.5, 0.6) is 0 Å². The van der Waals surface area contributed by atoms with Crippen molar-refractivity contribution >= 4 is 17.2 Å². The van der Waals surface area contributed by atoms with Crippen LogP contribution in [0.15, 0.2) is 29.4 Å². The number of nitriles is 1. The van der Waals surface area contributed by atoms with Crippen LogP contribution in [0.25, 0.3) is 0 Å². The van der Waals surface area contributed by atoms with Crippen molar-refractivity contribution < 1.29 is 4.74 Å². The topological polar surface area (TPSA) is 111 Å². The zero-order valence-corrected chi connectivity index (χ0v) is 13.4. The number of anilines is 1. The van der Waals surface area contributed by atoms with Crippen molar-refractivity contribution in [2.75, 3.05) is 18.5 Å². The zero-order chi connectivity index (χ0) is 16.8. The molecule has 0 bridgehead atoms. The summed E-state index contributed by atoms with van der Waals surface area (Å²) in [5, 5.41) is 19.8. The fraction of sp³-hybridized carbons (Fsp3) is 0.438. The molecule has 7 nitrogen and oxygen atoms in total. The molecule has 2 rings (SSSR count). The van der Waals surface area contributed by atoms with E-state index in [1.165, 1.54) is 5.56 Å². The Balaban J connectivity index is 1.94. The van der Waals surface area contributed by atoms with Gasteiger partial charge < -0.3 is 10.5 Å². The summed E-state index contributed by atoms with van der Waals surface area (Å²) in [7, 11) is 0. The molecule has 0 amide bonds. The molecule has 1 aliphatic heterocycles. The molecule has 1 aromatic rings. The van der Waals surface area contributed by atoms with E-state index in [1.54, 1.807) is 6.07 Å². The van der Waals surface area contributed by atoms with E-state index in [4.69, 9.17) is 21.1 Å². The molecule has 122 valence electrons. The number of benzene rings is 1. The van der Waals surface area contributed by atoms with Crippen LogP contribution in [0.3, 0.4) is 0 Å². The van der Waals surface area contributed by atoms with E-state index in [1.807, 2.05) is 24.3 Å². The third-order valence-electron chi connectivity index (χ3n) is 3.51. The maximum atomic E-state index is 8.79. The fourth-order valence-electron chi connectivity index (χ4n) is 2.62. The Labute approximate surface area is 136 Å². The predicted molar refractivity (Wildman–Crippen MR) is 90.3 cm³/mol. The van der Waals surface area contributed by atoms with E-state index in [0.717, 1.165) is 25.3 Å². The van der Waals surface area contributed by atoms with Crippen LogP contribution in [-0.2, 0) is 11.3 Å². The number of morpholine rings is 1. The van der Waals surface area contributed by atoms with Crippen LogP contribution in [0.2, 0.25) is 0 Å². The smallest absolute Gasteiger partial charge is 0.201 e. The summed E-state index contributed by atoms with van der Waals surface area (Å²) < 4.78 is 5.74. The summed E-state index contributed by atoms with van der Waals surface area (Å²) in [4.78, 5) is 2.38. The molecule has 0 aromatic heterocycles. The Morgan fingerprint density at radius 2 is 2.00 bits per heavy atom. The average molecular weight is 314 g/mol. The van der Waals surface area contributed by atoms with Crippen molar-refractivity contribution in [2.45, 2.75) is 32.6 Å². The molecule has 2 unspecified atom stereocenters. The van der Waals surface area contributed by atoms with Crippen LogP contribution >= 0.6 is 0 Å². The van der Waals surface area contributed by atoms with E-state index >= 15 is 0 Å². The van der Waals surface area contributed by atoms with Crippen LogP contribution in [0.4, 0.5) is 5.69 Å². The summed E-state index contributed by atoms with van der Waals surface area (Å²) >= 11 is 0. The van der Waals surface area contributed by atoms with Crippen molar-refractivity contribution in [3.8, 4) is 6.07 Å². The van der Waals surface area contributed by atoms with Gasteiger partial charge in [-0.3, -0.25) is 15.7 Å². The minimum absolute atomic E-state index is 0.134. The normalized spacial score (nSPS) is 22.4. The molecule has 2 atom stereocenters. The number of rotatable bonds is 5. The number of nitrogens with zero attached hydrogens (tertiary/aromatic N) is 3. The van der Waals surface area contributed by atoms with Gasteiger partial charge in [-0.1, -0.05) is 12.1 Å². The van der Waals surface area contributed by atoms with Gasteiger partial charge in [-0.05, 0) is 31.5 Å². The van der Waals surface area contributed by atoms with E-state index < -0.39 is 0 Å². The standard InChI is InChI=1S/C16H22N6O/c1-11-8-22(9-12(2)23-11)10-13-3-5-14(6-4-13)20-21-15(7-17)16(18)19/h3-6,11-12,20H,8-10H2,1-2H3,(H3,18,19)/b21-15+. The number of hydrogen-bond donors (Lipinski definition) is 3. The highest BCUT2D eigenvalue weighted by Crippen LogP contribution is 2.16. The molecule has 1 aliphatic rings. The van der Waals surface area contributed by atoms with E-state index in [9.17, 15) is 0 Å². The summed E-state index contributed by atoms with van der Waals surface area (Å²) in [5.74, 6) is -0.354. The molecule has 0 radical (unpaired) electrons. The average Bonchev–Trinajstić information content (AvgIpc) is 2.48. The van der Waals surface area contributed by atoms with Gasteiger partial charge >= 0.3 is 0 Å². The van der Waals surface area contributed by atoms with E-state index in [2.05, 4.69) is 29.3 Å². The van der Waals surface area contributed by atoms with Crippen LogP contribution in [-0.4, -0.2) is 41.7 Å². The molecule has 23 heavy (non-hydrogen) atoms. The first-order valence-electron chi connectivity index (χ1n) is 7.53. The van der Waals surface area contributed by atoms with Crippen LogP contribution in [0, 0.1) is 16.7 Å². The number of nitrogens with two attached hydrogens (primary N) is 1. The summed E-state index contributed by atoms with van der Waals surface area (Å²) in [5.41, 5.74) is 9.78. The number of ether oxygens (including phenoxy) is 1. The quantitative estimate of drug-likeness (QED) is 0.433. The highest BCUT2D eigenvalue weighted by molar-refractivity contribution is 6.45. The number of amidine groups is 1. The molecule has 7 heteroatoms. The Hall–Kier alpha value is -2.43. The molecule has 1 fully saturated rings. The largest absolute Gasteiger partial charge is 0.382 e.